The van der Waals surface area contributed by atoms with Crippen LogP contribution in [0.3, 0.4) is 0 Å². The molecule has 1 aliphatic rings. The molecule has 4 rings (SSSR count). The molecular formula is C27H35N5O2. The molecule has 1 aliphatic heterocycles. The van der Waals surface area contributed by atoms with Gasteiger partial charge in [-0.25, -0.2) is 9.78 Å². The number of piperidine rings is 1. The van der Waals surface area contributed by atoms with E-state index in [4.69, 9.17) is 4.98 Å². The van der Waals surface area contributed by atoms with Crippen LogP contribution in [-0.2, 0) is 0 Å². The average molecular weight is 462 g/mol. The third-order valence-corrected chi connectivity index (χ3v) is 6.70. The lowest BCUT2D eigenvalue weighted by atomic mass is 9.90. The molecule has 7 nitrogen and oxygen atoms in total. The van der Waals surface area contributed by atoms with Gasteiger partial charge in [-0.2, -0.15) is 0 Å². The van der Waals surface area contributed by atoms with Gasteiger partial charge in [-0.1, -0.05) is 38.8 Å². The van der Waals surface area contributed by atoms with Crippen LogP contribution in [0.15, 0.2) is 42.6 Å². The number of amides is 2. The number of carbonyl (C=O) groups excluding carboxylic acids is 2. The van der Waals surface area contributed by atoms with Crippen LogP contribution in [-0.4, -0.2) is 46.3 Å². The molecule has 3 N–H and O–H groups in total. The van der Waals surface area contributed by atoms with Crippen molar-refractivity contribution in [1.29, 1.82) is 0 Å². The molecule has 0 bridgehead atoms. The molecule has 1 saturated heterocycles. The number of anilines is 2. The third-order valence-electron chi connectivity index (χ3n) is 6.70. The topological polar surface area (TPSA) is 90.1 Å². The van der Waals surface area contributed by atoms with Crippen LogP contribution in [0.4, 0.5) is 16.3 Å². The van der Waals surface area contributed by atoms with Gasteiger partial charge in [-0.3, -0.25) is 10.1 Å². The number of Topliss-reactive ketones (excluding diaryl/α,β-unsaturated/α-hetero) is 1. The Balaban J connectivity index is 1.42. The molecule has 0 spiro atoms. The minimum atomic E-state index is -0.416. The lowest BCUT2D eigenvalue weighted by Crippen LogP contribution is -2.33. The predicted octanol–water partition coefficient (Wildman–Crippen LogP) is 6.17. The molecule has 0 aliphatic carbocycles. The Morgan fingerprint density at radius 3 is 2.62 bits per heavy atom. The quantitative estimate of drug-likeness (QED) is 0.263. The number of hydrogen-bond donors (Lipinski definition) is 3. The molecule has 7 heteroatoms. The number of nitrogens with one attached hydrogen (secondary N) is 3. The largest absolute Gasteiger partial charge is 0.360 e. The summed E-state index contributed by atoms with van der Waals surface area (Å²) in [4.78, 5) is 35.5. The van der Waals surface area contributed by atoms with Gasteiger partial charge in [0.2, 0.25) is 0 Å². The highest BCUT2D eigenvalue weighted by Crippen LogP contribution is 2.33. The van der Waals surface area contributed by atoms with Crippen LogP contribution >= 0.6 is 0 Å². The Bertz CT molecular complexity index is 1130. The number of H-pyrrole nitrogens is 1. The molecule has 180 valence electrons. The second-order valence-electron chi connectivity index (χ2n) is 9.06. The van der Waals surface area contributed by atoms with Gasteiger partial charge >= 0.3 is 6.03 Å². The fourth-order valence-electron chi connectivity index (χ4n) is 4.75. The van der Waals surface area contributed by atoms with Gasteiger partial charge in [-0.05, 0) is 74.6 Å². The van der Waals surface area contributed by atoms with E-state index < -0.39 is 6.03 Å². The normalized spacial score (nSPS) is 14.9. The summed E-state index contributed by atoms with van der Waals surface area (Å²) in [5.41, 5.74) is 4.14. The SMILES string of the molecule is CCCCCN1CCC(c2c[nH]c3ccc(NC(=O)Nc4ccccc4C(=O)CC)nc23)CC1. The van der Waals surface area contributed by atoms with Crippen LogP contribution in [0.25, 0.3) is 11.0 Å². The summed E-state index contributed by atoms with van der Waals surface area (Å²) < 4.78 is 0. The highest BCUT2D eigenvalue weighted by atomic mass is 16.2. The molecule has 0 atom stereocenters. The van der Waals surface area contributed by atoms with Crippen molar-refractivity contribution in [3.05, 3.63) is 53.7 Å². The van der Waals surface area contributed by atoms with E-state index in [0.717, 1.165) is 37.0 Å². The first-order valence-electron chi connectivity index (χ1n) is 12.5. The molecule has 1 aromatic carbocycles. The highest BCUT2D eigenvalue weighted by molar-refractivity contribution is 6.07. The zero-order valence-corrected chi connectivity index (χ0v) is 20.2. The monoisotopic (exact) mass is 461 g/mol. The van der Waals surface area contributed by atoms with E-state index in [-0.39, 0.29) is 5.78 Å². The third kappa shape index (κ3) is 5.65. The summed E-state index contributed by atoms with van der Waals surface area (Å²) in [5.74, 6) is 0.950. The van der Waals surface area contributed by atoms with Crippen molar-refractivity contribution in [1.82, 2.24) is 14.9 Å². The van der Waals surface area contributed by atoms with Crippen molar-refractivity contribution in [2.45, 2.75) is 58.3 Å². The Kier molecular flexibility index (Phi) is 7.95. The first-order chi connectivity index (χ1) is 16.6. The molecule has 0 saturated carbocycles. The summed E-state index contributed by atoms with van der Waals surface area (Å²) >= 11 is 0. The van der Waals surface area contributed by atoms with Gasteiger partial charge in [0.05, 0.1) is 16.7 Å². The van der Waals surface area contributed by atoms with Crippen molar-refractivity contribution in [3.8, 4) is 0 Å². The molecule has 2 amide bonds. The summed E-state index contributed by atoms with van der Waals surface area (Å²) in [7, 11) is 0. The number of pyridine rings is 1. The maximum atomic E-state index is 12.7. The van der Waals surface area contributed by atoms with E-state index in [2.05, 4.69) is 33.6 Å². The summed E-state index contributed by atoms with van der Waals surface area (Å²) in [6, 6.07) is 10.4. The van der Waals surface area contributed by atoms with E-state index in [1.165, 1.54) is 31.4 Å². The lowest BCUT2D eigenvalue weighted by Gasteiger charge is -2.31. The Morgan fingerprint density at radius 1 is 1.06 bits per heavy atom. The number of para-hydroxylation sites is 1. The maximum absolute atomic E-state index is 12.7. The van der Waals surface area contributed by atoms with Gasteiger partial charge in [-0.15, -0.1) is 0 Å². The molecule has 3 heterocycles. The van der Waals surface area contributed by atoms with Gasteiger partial charge in [0.25, 0.3) is 0 Å². The number of benzene rings is 1. The molecular weight excluding hydrogens is 426 g/mol. The predicted molar refractivity (Wildman–Crippen MR) is 138 cm³/mol. The van der Waals surface area contributed by atoms with Crippen LogP contribution in [0.1, 0.15) is 74.2 Å². The summed E-state index contributed by atoms with van der Waals surface area (Å²) in [5, 5.41) is 5.62. The highest BCUT2D eigenvalue weighted by Gasteiger charge is 2.23. The first-order valence-corrected chi connectivity index (χ1v) is 12.5. The number of rotatable bonds is 9. The van der Waals surface area contributed by atoms with E-state index in [9.17, 15) is 9.59 Å². The Hall–Kier alpha value is -3.19. The molecule has 0 radical (unpaired) electrons. The Labute approximate surface area is 201 Å². The Morgan fingerprint density at radius 2 is 1.85 bits per heavy atom. The van der Waals surface area contributed by atoms with Crippen LogP contribution < -0.4 is 10.6 Å². The number of hydrogen-bond acceptors (Lipinski definition) is 4. The van der Waals surface area contributed by atoms with E-state index in [0.29, 0.717) is 29.4 Å². The van der Waals surface area contributed by atoms with Gasteiger partial charge in [0.1, 0.15) is 5.82 Å². The van der Waals surface area contributed by atoms with Crippen LogP contribution in [0.2, 0.25) is 0 Å². The lowest BCUT2D eigenvalue weighted by molar-refractivity contribution is 0.0989. The van der Waals surface area contributed by atoms with E-state index >= 15 is 0 Å². The fraction of sp³-hybridized carbons (Fsp3) is 0.444. The number of nitrogens with zero attached hydrogens (tertiary/aromatic N) is 2. The van der Waals surface area contributed by atoms with Gasteiger partial charge in [0.15, 0.2) is 5.78 Å². The zero-order valence-electron chi connectivity index (χ0n) is 20.2. The molecule has 1 fully saturated rings. The molecule has 2 aromatic heterocycles. The standard InChI is InChI=1S/C27H35N5O2/c1-3-5-8-15-32-16-13-19(14-17-32)21-18-28-23-11-12-25(30-26(21)23)31-27(34)29-22-10-7-6-9-20(22)24(33)4-2/h6-7,9-12,18-19,28H,3-5,8,13-17H2,1-2H3,(H2,29,30,31,34). The molecule has 34 heavy (non-hydrogen) atoms. The number of aromatic amines is 1. The maximum Gasteiger partial charge on any atom is 0.324 e. The van der Waals surface area contributed by atoms with E-state index in [1.54, 1.807) is 30.3 Å². The number of likely N-dealkylation sites (tertiary alicyclic amines) is 1. The molecule has 0 unspecified atom stereocenters. The van der Waals surface area contributed by atoms with Crippen molar-refractivity contribution < 1.29 is 9.59 Å². The summed E-state index contributed by atoms with van der Waals surface area (Å²) in [6.07, 6.45) is 8.55. The van der Waals surface area contributed by atoms with Crippen LogP contribution in [0.5, 0.6) is 0 Å². The second kappa shape index (κ2) is 11.3. The van der Waals surface area contributed by atoms with Crippen molar-refractivity contribution in [2.24, 2.45) is 0 Å². The number of unbranched alkanes of at least 4 members (excludes halogenated alkanes) is 2. The first kappa shape index (κ1) is 24.0. The minimum absolute atomic E-state index is 0.0104. The number of fused-ring (bicyclic) bond motifs is 1. The smallest absolute Gasteiger partial charge is 0.324 e. The van der Waals surface area contributed by atoms with Crippen molar-refractivity contribution >= 4 is 34.4 Å². The van der Waals surface area contributed by atoms with Crippen molar-refractivity contribution in [3.63, 3.8) is 0 Å². The number of carbonyl (C=O) groups is 2. The fourth-order valence-corrected chi connectivity index (χ4v) is 4.75. The number of aromatic nitrogens is 2. The average Bonchev–Trinajstić information content (AvgIpc) is 3.28. The van der Waals surface area contributed by atoms with Crippen LogP contribution in [0, 0.1) is 0 Å². The molecule has 3 aromatic rings. The number of urea groups is 1. The van der Waals surface area contributed by atoms with Gasteiger partial charge in [0, 0.05) is 18.2 Å². The minimum Gasteiger partial charge on any atom is -0.360 e. The summed E-state index contributed by atoms with van der Waals surface area (Å²) in [6.45, 7) is 7.50. The zero-order chi connectivity index (χ0) is 23.9. The van der Waals surface area contributed by atoms with E-state index in [1.807, 2.05) is 13.0 Å². The van der Waals surface area contributed by atoms with Gasteiger partial charge < -0.3 is 15.2 Å². The second-order valence-corrected chi connectivity index (χ2v) is 9.06. The number of ketones is 1. The van der Waals surface area contributed by atoms with Crippen molar-refractivity contribution in [2.75, 3.05) is 30.3 Å².